The highest BCUT2D eigenvalue weighted by atomic mass is 16.5. The number of para-hydroxylation sites is 1. The molecular weight excluding hydrogens is 650 g/mol. The molecule has 1 aromatic heterocycles. The molecule has 1 saturated heterocycles. The van der Waals surface area contributed by atoms with Crippen molar-refractivity contribution in [2.45, 2.75) is 37.3 Å². The van der Waals surface area contributed by atoms with Gasteiger partial charge in [0.1, 0.15) is 17.2 Å². The molecule has 4 unspecified atom stereocenters. The number of hydrazine groups is 1. The van der Waals surface area contributed by atoms with E-state index >= 15 is 4.79 Å². The summed E-state index contributed by atoms with van der Waals surface area (Å²) in [4.78, 5) is 58.5. The molecule has 258 valence electrons. The number of fused-ring (bicyclic) bond motifs is 4. The third-order valence-corrected chi connectivity index (χ3v) is 10.5. The number of methoxy groups -OCH3 is 2. The highest BCUT2D eigenvalue weighted by Gasteiger charge is 2.69. The van der Waals surface area contributed by atoms with E-state index in [1.54, 1.807) is 42.5 Å². The number of allylic oxidation sites excluding steroid dienone is 2. The number of rotatable bonds is 7. The molecule has 8 rings (SSSR count). The first-order chi connectivity index (χ1) is 24.7. The van der Waals surface area contributed by atoms with Gasteiger partial charge in [-0.05, 0) is 48.7 Å². The lowest BCUT2D eigenvalue weighted by Crippen LogP contribution is -2.53. The van der Waals surface area contributed by atoms with Crippen molar-refractivity contribution in [3.8, 4) is 22.9 Å². The number of hydrogen-bond acceptors (Lipinski definition) is 8. The molecule has 0 radical (unpaired) electrons. The Labute approximate surface area is 292 Å². The molecule has 2 amide bonds. The monoisotopic (exact) mass is 685 g/mol. The average Bonchev–Trinajstić information content (AvgIpc) is 3.53. The Bertz CT molecular complexity index is 2320. The van der Waals surface area contributed by atoms with Crippen LogP contribution in [0.1, 0.15) is 35.1 Å². The van der Waals surface area contributed by atoms with Crippen LogP contribution in [0.25, 0.3) is 5.69 Å². The number of phenolic OH excluding ortho intramolecular Hbond substituents is 1. The third kappa shape index (κ3) is 4.59. The lowest BCUT2D eigenvalue weighted by molar-refractivity contribution is -0.138. The van der Waals surface area contributed by atoms with Gasteiger partial charge in [0, 0.05) is 23.6 Å². The fourth-order valence-corrected chi connectivity index (χ4v) is 8.33. The topological polar surface area (TPSA) is 137 Å². The minimum atomic E-state index is -1.57. The molecule has 12 nitrogen and oxygen atoms in total. The number of anilines is 1. The van der Waals surface area contributed by atoms with Crippen LogP contribution < -0.4 is 26.3 Å². The zero-order valence-electron chi connectivity index (χ0n) is 28.1. The first-order valence-corrected chi connectivity index (χ1v) is 16.6. The van der Waals surface area contributed by atoms with Crippen molar-refractivity contribution in [2.75, 3.05) is 19.6 Å². The molecule has 3 aliphatic rings. The summed E-state index contributed by atoms with van der Waals surface area (Å²) >= 11 is 0. The van der Waals surface area contributed by atoms with Crippen LogP contribution in [0.15, 0.2) is 118 Å². The van der Waals surface area contributed by atoms with Crippen molar-refractivity contribution >= 4 is 17.5 Å². The van der Waals surface area contributed by atoms with Gasteiger partial charge in [-0.15, -0.1) is 0 Å². The Morgan fingerprint density at radius 3 is 2.08 bits per heavy atom. The number of carbonyl (C=O) groups is 2. The van der Waals surface area contributed by atoms with Crippen LogP contribution in [0.5, 0.6) is 17.2 Å². The maximum Gasteiger partial charge on any atom is 0.352 e. The van der Waals surface area contributed by atoms with Gasteiger partial charge in [-0.1, -0.05) is 72.3 Å². The minimum Gasteiger partial charge on any atom is -0.508 e. The summed E-state index contributed by atoms with van der Waals surface area (Å²) in [6, 6.07) is 27.2. The predicted molar refractivity (Wildman–Crippen MR) is 188 cm³/mol. The van der Waals surface area contributed by atoms with Crippen molar-refractivity contribution in [3.05, 3.63) is 146 Å². The lowest BCUT2D eigenvalue weighted by Gasteiger charge is -2.49. The van der Waals surface area contributed by atoms with Crippen LogP contribution in [-0.4, -0.2) is 50.1 Å². The summed E-state index contributed by atoms with van der Waals surface area (Å²) in [6.07, 6.45) is 1.90. The van der Waals surface area contributed by atoms with Gasteiger partial charge in [0.25, 0.3) is 11.8 Å². The van der Waals surface area contributed by atoms with E-state index in [9.17, 15) is 19.5 Å². The summed E-state index contributed by atoms with van der Waals surface area (Å²) in [5, 5.41) is 11.8. The summed E-state index contributed by atoms with van der Waals surface area (Å²) in [6.45, 7) is 1.97. The van der Waals surface area contributed by atoms with Crippen molar-refractivity contribution < 1.29 is 24.2 Å². The van der Waals surface area contributed by atoms with Gasteiger partial charge in [0.15, 0.2) is 0 Å². The number of aryl methyl sites for hydroxylation is 1. The summed E-state index contributed by atoms with van der Waals surface area (Å²) in [5.41, 5.74) is 4.05. The van der Waals surface area contributed by atoms with Gasteiger partial charge >= 0.3 is 11.4 Å². The minimum absolute atomic E-state index is 0.0297. The Hall–Kier alpha value is -6.30. The van der Waals surface area contributed by atoms with E-state index in [0.29, 0.717) is 28.1 Å². The fourth-order valence-electron chi connectivity index (χ4n) is 8.33. The first kappa shape index (κ1) is 31.9. The maximum absolute atomic E-state index is 15.4. The molecule has 4 aromatic carbocycles. The zero-order chi connectivity index (χ0) is 35.6. The van der Waals surface area contributed by atoms with Crippen molar-refractivity contribution in [1.29, 1.82) is 0 Å². The Morgan fingerprint density at radius 1 is 0.824 bits per heavy atom. The number of imide groups is 1. The molecule has 0 bridgehead atoms. The Kier molecular flexibility index (Phi) is 7.48. The molecule has 51 heavy (non-hydrogen) atoms. The standard InChI is InChI=1S/C39H35N5O7/c1-23-14-16-25(17-15-23)40-43-35(46)29-22-30-28(18-19-41-37(48)42(38(49)44(30)41)26-12-8-5-9-13-26)34(33-31(50-2)20-27(45)21-32(33)51-3)39(29,36(43)47)24-10-6-4-7-11-24/h4-18,20-21,29-30,34,40,45H,19,22H2,1-3H3. The molecule has 5 aromatic rings. The van der Waals surface area contributed by atoms with Crippen LogP contribution in [0, 0.1) is 12.8 Å². The quantitative estimate of drug-likeness (QED) is 0.190. The molecule has 2 aliphatic heterocycles. The van der Waals surface area contributed by atoms with Crippen LogP contribution in [0.3, 0.4) is 0 Å². The molecular formula is C39H35N5O7. The average molecular weight is 686 g/mol. The fraction of sp³-hybridized carbons (Fsp3) is 0.231. The van der Waals surface area contributed by atoms with Crippen molar-refractivity contribution in [3.63, 3.8) is 0 Å². The number of nitrogens with zero attached hydrogens (tertiary/aromatic N) is 4. The Morgan fingerprint density at radius 2 is 1.45 bits per heavy atom. The van der Waals surface area contributed by atoms with E-state index in [0.717, 1.165) is 15.1 Å². The number of ether oxygens (including phenoxy) is 2. The van der Waals surface area contributed by atoms with Gasteiger partial charge in [-0.25, -0.2) is 23.5 Å². The van der Waals surface area contributed by atoms with Crippen LogP contribution in [0.2, 0.25) is 0 Å². The number of phenols is 1. The second-order valence-electron chi connectivity index (χ2n) is 13.1. The summed E-state index contributed by atoms with van der Waals surface area (Å²) < 4.78 is 15.7. The zero-order valence-corrected chi connectivity index (χ0v) is 28.1. The third-order valence-electron chi connectivity index (χ3n) is 10.5. The van der Waals surface area contributed by atoms with Gasteiger partial charge in [-0.2, -0.15) is 5.01 Å². The lowest BCUT2D eigenvalue weighted by atomic mass is 9.53. The van der Waals surface area contributed by atoms with Crippen LogP contribution >= 0.6 is 0 Å². The summed E-state index contributed by atoms with van der Waals surface area (Å²) in [5.74, 6) is -2.61. The van der Waals surface area contributed by atoms with E-state index in [1.165, 1.54) is 35.7 Å². The number of amides is 2. The van der Waals surface area contributed by atoms with Gasteiger partial charge in [0.05, 0.1) is 49.5 Å². The van der Waals surface area contributed by atoms with Crippen molar-refractivity contribution in [1.82, 2.24) is 18.9 Å². The van der Waals surface area contributed by atoms with E-state index in [4.69, 9.17) is 9.47 Å². The smallest absolute Gasteiger partial charge is 0.352 e. The highest BCUT2D eigenvalue weighted by Crippen LogP contribution is 2.64. The molecule has 2 fully saturated rings. The highest BCUT2D eigenvalue weighted by molar-refractivity contribution is 6.13. The number of aromatic nitrogens is 3. The van der Waals surface area contributed by atoms with Gasteiger partial charge in [0.2, 0.25) is 0 Å². The normalized spacial score (nSPS) is 22.1. The number of carbonyl (C=O) groups excluding carboxylic acids is 2. The second kappa shape index (κ2) is 11.9. The van der Waals surface area contributed by atoms with E-state index < -0.39 is 46.5 Å². The first-order valence-electron chi connectivity index (χ1n) is 16.6. The Balaban J connectivity index is 1.42. The second-order valence-corrected chi connectivity index (χ2v) is 13.1. The summed E-state index contributed by atoms with van der Waals surface area (Å²) in [7, 11) is 2.91. The molecule has 0 spiro atoms. The van der Waals surface area contributed by atoms with Gasteiger partial charge < -0.3 is 14.6 Å². The maximum atomic E-state index is 15.4. The van der Waals surface area contributed by atoms with E-state index in [-0.39, 0.29) is 30.2 Å². The SMILES string of the molecule is COc1cc(O)cc(OC)c1C1C2=CCn3c(=O)n(-c4ccccc4)c(=O)n3C2CC2C(=O)N(Nc3ccc(C)cc3)C(=O)C21c1ccccc1. The molecule has 1 aliphatic carbocycles. The number of benzene rings is 4. The number of nitrogens with one attached hydrogen (secondary N) is 1. The number of hydrogen-bond donors (Lipinski definition) is 2. The molecule has 12 heteroatoms. The van der Waals surface area contributed by atoms with E-state index in [2.05, 4.69) is 5.43 Å². The molecule has 2 N–H and O–H groups in total. The number of aromatic hydroxyl groups is 1. The van der Waals surface area contributed by atoms with Crippen LogP contribution in [0.4, 0.5) is 5.69 Å². The largest absolute Gasteiger partial charge is 0.508 e. The molecule has 1 saturated carbocycles. The van der Waals surface area contributed by atoms with Gasteiger partial charge in [-0.3, -0.25) is 15.0 Å². The van der Waals surface area contributed by atoms with E-state index in [1.807, 2.05) is 55.5 Å². The molecule has 4 atom stereocenters. The van der Waals surface area contributed by atoms with Crippen LogP contribution in [-0.2, 0) is 21.5 Å². The molecule has 3 heterocycles. The predicted octanol–water partition coefficient (Wildman–Crippen LogP) is 4.45. The van der Waals surface area contributed by atoms with Crippen molar-refractivity contribution in [2.24, 2.45) is 5.92 Å².